The van der Waals surface area contributed by atoms with Gasteiger partial charge in [0.1, 0.15) is 0 Å². The van der Waals surface area contributed by atoms with Crippen LogP contribution in [-0.4, -0.2) is 15.6 Å². The Bertz CT molecular complexity index is 1630. The smallest absolute Gasteiger partial charge is 0.0900 e. The fourth-order valence-electron chi connectivity index (χ4n) is 5.53. The summed E-state index contributed by atoms with van der Waals surface area (Å²) in [6, 6.07) is 26.9. The highest BCUT2D eigenvalue weighted by Crippen LogP contribution is 2.32. The van der Waals surface area contributed by atoms with E-state index in [2.05, 4.69) is 59.3 Å². The molecule has 1 saturated carbocycles. The van der Waals surface area contributed by atoms with Gasteiger partial charge in [-0.05, 0) is 98.1 Å². The van der Waals surface area contributed by atoms with Crippen molar-refractivity contribution in [2.45, 2.75) is 57.9 Å². The van der Waals surface area contributed by atoms with E-state index in [0.29, 0.717) is 16.1 Å². The molecule has 2 aliphatic carbocycles. The second kappa shape index (κ2) is 11.4. The molecule has 6 rings (SSSR count). The summed E-state index contributed by atoms with van der Waals surface area (Å²) in [6.07, 6.45) is 8.66. The van der Waals surface area contributed by atoms with Crippen molar-refractivity contribution in [3.63, 3.8) is 0 Å². The summed E-state index contributed by atoms with van der Waals surface area (Å²) in [6.45, 7) is 2.10. The topological polar surface area (TPSA) is 42.2 Å². The Balaban J connectivity index is 1.60. The molecule has 3 aromatic rings. The van der Waals surface area contributed by atoms with Gasteiger partial charge < -0.3 is 9.88 Å². The summed E-state index contributed by atoms with van der Waals surface area (Å²) < 4.78 is 2.27. The minimum absolute atomic E-state index is 0.313. The van der Waals surface area contributed by atoms with Gasteiger partial charge in [0.15, 0.2) is 0 Å². The summed E-state index contributed by atoms with van der Waals surface area (Å²) in [4.78, 5) is 10.5. The molecule has 1 heterocycles. The molecule has 0 aromatic heterocycles. The van der Waals surface area contributed by atoms with E-state index < -0.39 is 0 Å². The molecule has 0 radical (unpaired) electrons. The number of benzene rings is 4. The molecule has 0 amide bonds. The maximum Gasteiger partial charge on any atom is 0.0900 e. The molecule has 0 saturated heterocycles. The molecule has 6 heteroatoms. The predicted octanol–water partition coefficient (Wildman–Crippen LogP) is 9.50. The van der Waals surface area contributed by atoms with Crippen LogP contribution in [0.15, 0.2) is 83.9 Å². The third-order valence-corrected chi connectivity index (χ3v) is 8.05. The molecule has 3 aliphatic rings. The van der Waals surface area contributed by atoms with Gasteiger partial charge in [-0.3, -0.25) is 4.99 Å². The van der Waals surface area contributed by atoms with E-state index in [1.54, 1.807) is 0 Å². The van der Waals surface area contributed by atoms with Crippen LogP contribution in [0, 0.1) is 6.92 Å². The number of rotatable bonds is 4. The lowest BCUT2D eigenvalue weighted by molar-refractivity contribution is 0.450. The van der Waals surface area contributed by atoms with E-state index >= 15 is 0 Å². The number of aryl methyl sites for hydroxylation is 1. The van der Waals surface area contributed by atoms with Crippen LogP contribution >= 0.6 is 23.2 Å². The summed E-state index contributed by atoms with van der Waals surface area (Å²) in [5.41, 5.74) is 8.04. The number of halogens is 2. The zero-order valence-corrected chi connectivity index (χ0v) is 23.6. The fraction of sp³-hybridized carbons (Fsp3) is 0.273. The van der Waals surface area contributed by atoms with Gasteiger partial charge in [0.05, 0.1) is 39.5 Å². The van der Waals surface area contributed by atoms with E-state index in [4.69, 9.17) is 33.2 Å². The van der Waals surface area contributed by atoms with Crippen LogP contribution in [0.2, 0.25) is 10.0 Å². The number of hydrogen-bond donors (Lipinski definition) is 1. The van der Waals surface area contributed by atoms with Gasteiger partial charge in [0.25, 0.3) is 0 Å². The maximum absolute atomic E-state index is 6.27. The molecule has 0 spiro atoms. The van der Waals surface area contributed by atoms with Gasteiger partial charge in [-0.1, -0.05) is 61.4 Å². The number of aromatic nitrogens is 2. The Morgan fingerprint density at radius 3 is 2.18 bits per heavy atom. The largest absolute Gasteiger partial charge is 0.354 e. The molecule has 39 heavy (non-hydrogen) atoms. The monoisotopic (exact) mass is 554 g/mol. The SMILES string of the molecule is Cc1ccc2c(c1)nc1cc(Nc3ccc(Cl)cc3)/c(=N\C3CCCCCCC3)cc-1n2-c1ccc(Cl)cc1. The lowest BCUT2D eigenvalue weighted by atomic mass is 9.97. The fourth-order valence-corrected chi connectivity index (χ4v) is 5.78. The molecule has 1 fully saturated rings. The second-order valence-electron chi connectivity index (χ2n) is 10.5. The van der Waals surface area contributed by atoms with Crippen LogP contribution in [0.5, 0.6) is 0 Å². The minimum atomic E-state index is 0.313. The predicted molar refractivity (Wildman–Crippen MR) is 164 cm³/mol. The molecule has 198 valence electrons. The first-order valence-electron chi connectivity index (χ1n) is 13.8. The summed E-state index contributed by atoms with van der Waals surface area (Å²) >= 11 is 12.4. The molecule has 0 atom stereocenters. The molecule has 1 aliphatic heterocycles. The zero-order chi connectivity index (χ0) is 26.8. The molecular formula is C33H32Cl2N4. The van der Waals surface area contributed by atoms with Crippen LogP contribution in [0.25, 0.3) is 28.1 Å². The summed E-state index contributed by atoms with van der Waals surface area (Å²) in [5, 5.41) is 6.00. The van der Waals surface area contributed by atoms with E-state index in [1.807, 2.05) is 36.4 Å². The van der Waals surface area contributed by atoms with E-state index in [0.717, 1.165) is 57.7 Å². The molecule has 0 unspecified atom stereocenters. The van der Waals surface area contributed by atoms with Crippen molar-refractivity contribution in [3.05, 3.63) is 99.8 Å². The average Bonchev–Trinajstić information content (AvgIpc) is 2.91. The first-order chi connectivity index (χ1) is 19.0. The van der Waals surface area contributed by atoms with Gasteiger partial charge in [-0.2, -0.15) is 0 Å². The summed E-state index contributed by atoms with van der Waals surface area (Å²) in [5.74, 6) is 0. The standard InChI is InChI=1S/C33H32Cl2N4/c1-22-9-18-32-30(19-22)38-31-20-28(37-26-14-10-23(34)11-15-26)29(36-25-7-5-3-2-4-6-8-25)21-33(31)39(32)27-16-12-24(35)13-17-27/h9-21,25,37H,2-8H2,1H3/b36-29-. The van der Waals surface area contributed by atoms with Crippen molar-refractivity contribution < 1.29 is 0 Å². The Morgan fingerprint density at radius 2 is 1.46 bits per heavy atom. The highest BCUT2D eigenvalue weighted by Gasteiger charge is 2.18. The van der Waals surface area contributed by atoms with Crippen molar-refractivity contribution >= 4 is 45.6 Å². The number of hydrogen-bond acceptors (Lipinski definition) is 3. The molecule has 0 bridgehead atoms. The minimum Gasteiger partial charge on any atom is -0.354 e. The first-order valence-corrected chi connectivity index (χ1v) is 14.6. The number of anilines is 2. The highest BCUT2D eigenvalue weighted by atomic mass is 35.5. The maximum atomic E-state index is 6.27. The Labute approximate surface area is 239 Å². The van der Waals surface area contributed by atoms with Crippen molar-refractivity contribution in [2.75, 3.05) is 5.32 Å². The van der Waals surface area contributed by atoms with E-state index in [9.17, 15) is 0 Å². The number of fused-ring (bicyclic) bond motifs is 2. The van der Waals surface area contributed by atoms with E-state index in [1.165, 1.54) is 37.7 Å². The lowest BCUT2D eigenvalue weighted by Crippen LogP contribution is -2.19. The number of nitrogens with zero attached hydrogens (tertiary/aromatic N) is 3. The van der Waals surface area contributed by atoms with Crippen LogP contribution in [0.1, 0.15) is 50.5 Å². The Hall–Kier alpha value is -3.34. The zero-order valence-electron chi connectivity index (χ0n) is 22.1. The third-order valence-electron chi connectivity index (χ3n) is 7.55. The summed E-state index contributed by atoms with van der Waals surface area (Å²) in [7, 11) is 0. The average molecular weight is 556 g/mol. The van der Waals surface area contributed by atoms with Crippen LogP contribution in [-0.2, 0) is 0 Å². The van der Waals surface area contributed by atoms with Crippen molar-refractivity contribution in [1.29, 1.82) is 0 Å². The molecular weight excluding hydrogens is 523 g/mol. The normalized spacial score (nSPS) is 15.4. The Morgan fingerprint density at radius 1 is 0.795 bits per heavy atom. The van der Waals surface area contributed by atoms with Crippen molar-refractivity contribution in [1.82, 2.24) is 9.55 Å². The number of nitrogens with one attached hydrogen (secondary N) is 1. The van der Waals surface area contributed by atoms with Gasteiger partial charge >= 0.3 is 0 Å². The Kier molecular flexibility index (Phi) is 7.58. The van der Waals surface area contributed by atoms with Crippen LogP contribution < -0.4 is 10.7 Å². The first kappa shape index (κ1) is 25.9. The molecule has 1 N–H and O–H groups in total. The highest BCUT2D eigenvalue weighted by molar-refractivity contribution is 6.30. The second-order valence-corrected chi connectivity index (χ2v) is 11.4. The van der Waals surface area contributed by atoms with Crippen molar-refractivity contribution in [2.24, 2.45) is 4.99 Å². The van der Waals surface area contributed by atoms with Gasteiger partial charge in [0, 0.05) is 21.4 Å². The van der Waals surface area contributed by atoms with Gasteiger partial charge in [-0.25, -0.2) is 4.98 Å². The van der Waals surface area contributed by atoms with Crippen LogP contribution in [0.4, 0.5) is 11.4 Å². The van der Waals surface area contributed by atoms with Gasteiger partial charge in [-0.15, -0.1) is 0 Å². The third kappa shape index (κ3) is 5.83. The van der Waals surface area contributed by atoms with E-state index in [-0.39, 0.29) is 0 Å². The van der Waals surface area contributed by atoms with Crippen LogP contribution in [0.3, 0.4) is 0 Å². The molecule has 4 nitrogen and oxygen atoms in total. The van der Waals surface area contributed by atoms with Crippen molar-refractivity contribution in [3.8, 4) is 17.1 Å². The molecule has 3 aromatic carbocycles. The van der Waals surface area contributed by atoms with Gasteiger partial charge in [0.2, 0.25) is 0 Å². The quantitative estimate of drug-likeness (QED) is 0.225. The lowest BCUT2D eigenvalue weighted by Gasteiger charge is -2.21.